The molecular weight excluding hydrogens is 264 g/mol. The van der Waals surface area contributed by atoms with Crippen LogP contribution in [0.1, 0.15) is 19.8 Å². The molecule has 0 spiro atoms. The molecule has 0 radical (unpaired) electrons. The highest BCUT2D eigenvalue weighted by Gasteiger charge is 2.25. The van der Waals surface area contributed by atoms with E-state index in [0.29, 0.717) is 18.4 Å². The summed E-state index contributed by atoms with van der Waals surface area (Å²) in [5.41, 5.74) is 5.45. The van der Waals surface area contributed by atoms with Crippen LogP contribution in [-0.4, -0.2) is 44.0 Å². The molecule has 0 bridgehead atoms. The minimum atomic E-state index is -3.49. The van der Waals surface area contributed by atoms with Gasteiger partial charge in [0.2, 0.25) is 10.0 Å². The Morgan fingerprint density at radius 1 is 1.53 bits per heavy atom. The fourth-order valence-corrected chi connectivity index (χ4v) is 3.40. The Labute approximate surface area is 114 Å². The fourth-order valence-electron chi connectivity index (χ4n) is 2.38. The minimum Gasteiger partial charge on any atom is -0.384 e. The maximum atomic E-state index is 12.1. The first-order chi connectivity index (χ1) is 9.03. The predicted molar refractivity (Wildman–Crippen MR) is 74.1 cm³/mol. The Balaban J connectivity index is 2.00. The lowest BCUT2D eigenvalue weighted by molar-refractivity contribution is 0.268. The van der Waals surface area contributed by atoms with Gasteiger partial charge in [0.05, 0.1) is 0 Å². The maximum absolute atomic E-state index is 12.1. The average Bonchev–Trinajstić information content (AvgIpc) is 2.84. The number of hydrogen-bond donors (Lipinski definition) is 2. The van der Waals surface area contributed by atoms with Crippen molar-refractivity contribution in [2.45, 2.75) is 30.7 Å². The Morgan fingerprint density at radius 3 is 2.95 bits per heavy atom. The van der Waals surface area contributed by atoms with Crippen molar-refractivity contribution in [2.24, 2.45) is 0 Å². The first-order valence-electron chi connectivity index (χ1n) is 6.48. The zero-order valence-electron chi connectivity index (χ0n) is 11.0. The fraction of sp³-hybridized carbons (Fsp3) is 0.583. The lowest BCUT2D eigenvalue weighted by Gasteiger charge is -2.22. The molecule has 7 heteroatoms. The Hall–Kier alpha value is -1.18. The van der Waals surface area contributed by atoms with E-state index >= 15 is 0 Å². The van der Waals surface area contributed by atoms with Crippen LogP contribution in [0.25, 0.3) is 0 Å². The van der Waals surface area contributed by atoms with Crippen LogP contribution in [0.15, 0.2) is 23.2 Å². The molecule has 2 rings (SSSR count). The van der Waals surface area contributed by atoms with Crippen LogP contribution in [-0.2, 0) is 10.0 Å². The molecule has 1 aliphatic rings. The molecule has 0 saturated carbocycles. The minimum absolute atomic E-state index is 0.155. The number of sulfonamides is 1. The molecule has 1 aromatic rings. The summed E-state index contributed by atoms with van der Waals surface area (Å²) in [6.45, 7) is 4.54. The number of nitrogens with one attached hydrogen (secondary N) is 1. The molecule has 19 heavy (non-hydrogen) atoms. The summed E-state index contributed by atoms with van der Waals surface area (Å²) >= 11 is 0. The number of aromatic nitrogens is 1. The first kappa shape index (κ1) is 14.2. The molecule has 1 atom stereocenters. The van der Waals surface area contributed by atoms with Crippen molar-refractivity contribution in [1.82, 2.24) is 14.6 Å². The predicted octanol–water partition coefficient (Wildman–Crippen LogP) is 0.426. The summed E-state index contributed by atoms with van der Waals surface area (Å²) in [6.07, 6.45) is 3.45. The van der Waals surface area contributed by atoms with Gasteiger partial charge in [0.1, 0.15) is 10.7 Å². The molecule has 2 heterocycles. The Morgan fingerprint density at radius 2 is 2.32 bits per heavy atom. The van der Waals surface area contributed by atoms with Crippen LogP contribution < -0.4 is 10.5 Å². The average molecular weight is 284 g/mol. The van der Waals surface area contributed by atoms with E-state index in [1.54, 1.807) is 0 Å². The molecule has 1 aromatic heterocycles. The third-order valence-corrected chi connectivity index (χ3v) is 4.89. The van der Waals surface area contributed by atoms with Gasteiger partial charge in [-0.15, -0.1) is 0 Å². The number of nitrogens with zero attached hydrogens (tertiary/aromatic N) is 2. The number of likely N-dealkylation sites (tertiary alicyclic amines) is 1. The Kier molecular flexibility index (Phi) is 4.38. The van der Waals surface area contributed by atoms with Crippen LogP contribution in [0.3, 0.4) is 0 Å². The number of rotatable bonds is 5. The number of anilines is 1. The van der Waals surface area contributed by atoms with E-state index in [1.165, 1.54) is 18.3 Å². The highest BCUT2D eigenvalue weighted by atomic mass is 32.2. The molecule has 0 amide bonds. The van der Waals surface area contributed by atoms with Crippen molar-refractivity contribution in [1.29, 1.82) is 0 Å². The van der Waals surface area contributed by atoms with Crippen LogP contribution in [0, 0.1) is 0 Å². The number of likely N-dealkylation sites (N-methyl/N-ethyl adjacent to an activating group) is 1. The van der Waals surface area contributed by atoms with E-state index in [9.17, 15) is 8.42 Å². The first-order valence-corrected chi connectivity index (χ1v) is 7.96. The molecule has 0 aliphatic carbocycles. The van der Waals surface area contributed by atoms with Crippen LogP contribution in [0.4, 0.5) is 5.82 Å². The van der Waals surface area contributed by atoms with Crippen molar-refractivity contribution in [3.05, 3.63) is 18.3 Å². The van der Waals surface area contributed by atoms with E-state index < -0.39 is 10.0 Å². The van der Waals surface area contributed by atoms with E-state index in [4.69, 9.17) is 5.73 Å². The van der Waals surface area contributed by atoms with Crippen molar-refractivity contribution in [3.8, 4) is 0 Å². The van der Waals surface area contributed by atoms with Crippen LogP contribution in [0.2, 0.25) is 0 Å². The van der Waals surface area contributed by atoms with Gasteiger partial charge >= 0.3 is 0 Å². The van der Waals surface area contributed by atoms with E-state index in [2.05, 4.69) is 21.5 Å². The van der Waals surface area contributed by atoms with Crippen molar-refractivity contribution in [2.75, 3.05) is 25.4 Å². The van der Waals surface area contributed by atoms with Crippen LogP contribution in [0.5, 0.6) is 0 Å². The lowest BCUT2D eigenvalue weighted by atomic mass is 10.2. The van der Waals surface area contributed by atoms with Gasteiger partial charge in [-0.25, -0.2) is 18.1 Å². The molecule has 3 N–H and O–H groups in total. The van der Waals surface area contributed by atoms with Gasteiger partial charge in [-0.05, 0) is 38.1 Å². The molecular formula is C12H20N4O2S. The van der Waals surface area contributed by atoms with Gasteiger partial charge in [-0.3, -0.25) is 4.90 Å². The molecule has 1 fully saturated rings. The number of hydrogen-bond acceptors (Lipinski definition) is 5. The third-order valence-electron chi connectivity index (χ3n) is 3.48. The summed E-state index contributed by atoms with van der Waals surface area (Å²) in [4.78, 5) is 6.26. The standard InChI is InChI=1S/C12H20N4O2S/c1-2-16-7-3-4-10(16)8-15-19(17,18)11-5-6-12(13)14-9-11/h5-6,9-10,15H,2-4,7-8H2,1H3,(H2,13,14). The van der Waals surface area contributed by atoms with E-state index in [0.717, 1.165) is 25.9 Å². The molecule has 6 nitrogen and oxygen atoms in total. The van der Waals surface area contributed by atoms with E-state index in [1.807, 2.05) is 0 Å². The molecule has 106 valence electrons. The second kappa shape index (κ2) is 5.85. The molecule has 1 unspecified atom stereocenters. The smallest absolute Gasteiger partial charge is 0.242 e. The Bertz CT molecular complexity index is 515. The SMILES string of the molecule is CCN1CCCC1CNS(=O)(=O)c1ccc(N)nc1. The van der Waals surface area contributed by atoms with Crippen molar-refractivity contribution < 1.29 is 8.42 Å². The number of nitrogen functional groups attached to an aromatic ring is 1. The van der Waals surface area contributed by atoms with Crippen molar-refractivity contribution >= 4 is 15.8 Å². The summed E-state index contributed by atoms with van der Waals surface area (Å²) in [5, 5.41) is 0. The second-order valence-corrected chi connectivity index (χ2v) is 6.46. The summed E-state index contributed by atoms with van der Waals surface area (Å²) in [5.74, 6) is 0.312. The number of pyridine rings is 1. The lowest BCUT2D eigenvalue weighted by Crippen LogP contribution is -2.40. The third kappa shape index (κ3) is 3.43. The zero-order chi connectivity index (χ0) is 13.9. The van der Waals surface area contributed by atoms with Gasteiger partial charge in [-0.2, -0.15) is 0 Å². The van der Waals surface area contributed by atoms with Gasteiger partial charge < -0.3 is 5.73 Å². The number of nitrogens with two attached hydrogens (primary N) is 1. The second-order valence-electron chi connectivity index (χ2n) is 4.70. The molecule has 1 saturated heterocycles. The van der Waals surface area contributed by atoms with Crippen LogP contribution >= 0.6 is 0 Å². The highest BCUT2D eigenvalue weighted by Crippen LogP contribution is 2.16. The van der Waals surface area contributed by atoms with Gasteiger partial charge in [0.15, 0.2) is 0 Å². The molecule has 1 aliphatic heterocycles. The van der Waals surface area contributed by atoms with Gasteiger partial charge in [-0.1, -0.05) is 6.92 Å². The normalized spacial score (nSPS) is 20.8. The van der Waals surface area contributed by atoms with E-state index in [-0.39, 0.29) is 4.90 Å². The summed E-state index contributed by atoms with van der Waals surface area (Å²) < 4.78 is 26.8. The van der Waals surface area contributed by atoms with Gasteiger partial charge in [0.25, 0.3) is 0 Å². The largest absolute Gasteiger partial charge is 0.384 e. The van der Waals surface area contributed by atoms with Gasteiger partial charge in [0, 0.05) is 18.8 Å². The zero-order valence-corrected chi connectivity index (χ0v) is 11.9. The summed E-state index contributed by atoms with van der Waals surface area (Å²) in [7, 11) is -3.49. The monoisotopic (exact) mass is 284 g/mol. The maximum Gasteiger partial charge on any atom is 0.242 e. The highest BCUT2D eigenvalue weighted by molar-refractivity contribution is 7.89. The quantitative estimate of drug-likeness (QED) is 0.818. The van der Waals surface area contributed by atoms with Crippen molar-refractivity contribution in [3.63, 3.8) is 0 Å². The molecule has 0 aromatic carbocycles. The summed E-state index contributed by atoms with van der Waals surface area (Å²) in [6, 6.07) is 3.25. The topological polar surface area (TPSA) is 88.3 Å².